The van der Waals surface area contributed by atoms with Crippen LogP contribution in [0.4, 0.5) is 9.18 Å². The zero-order valence-corrected chi connectivity index (χ0v) is 19.3. The summed E-state index contributed by atoms with van der Waals surface area (Å²) in [6.45, 7) is 4.94. The van der Waals surface area contributed by atoms with Gasteiger partial charge in [0.1, 0.15) is 11.4 Å². The Morgan fingerprint density at radius 3 is 2.35 bits per heavy atom. The molecule has 2 heterocycles. The highest BCUT2D eigenvalue weighted by Gasteiger charge is 2.48. The van der Waals surface area contributed by atoms with Gasteiger partial charge in [0.15, 0.2) is 0 Å². The van der Waals surface area contributed by atoms with E-state index in [4.69, 9.17) is 0 Å². The number of urea groups is 1. The third kappa shape index (κ3) is 5.60. The van der Waals surface area contributed by atoms with Crippen molar-refractivity contribution in [1.29, 1.82) is 0 Å². The van der Waals surface area contributed by atoms with Crippen molar-refractivity contribution in [3.8, 4) is 0 Å². The summed E-state index contributed by atoms with van der Waals surface area (Å²) in [6.07, 6.45) is 1.06. The van der Waals surface area contributed by atoms with E-state index < -0.39 is 23.4 Å². The maximum Gasteiger partial charge on any atom is 0.344 e. The van der Waals surface area contributed by atoms with E-state index >= 15 is 0 Å². The number of nitrogens with zero attached hydrogens (tertiary/aromatic N) is 3. The predicted molar refractivity (Wildman–Crippen MR) is 125 cm³/mol. The van der Waals surface area contributed by atoms with E-state index in [0.29, 0.717) is 51.1 Å². The third-order valence-corrected chi connectivity index (χ3v) is 6.44. The van der Waals surface area contributed by atoms with E-state index in [-0.39, 0.29) is 12.4 Å². The Kier molecular flexibility index (Phi) is 7.23. The number of imide groups is 1. The van der Waals surface area contributed by atoms with Crippen LogP contribution < -0.4 is 10.7 Å². The number of amides is 4. The highest BCUT2D eigenvalue weighted by molar-refractivity contribution is 6.07. The number of benzene rings is 2. The summed E-state index contributed by atoms with van der Waals surface area (Å²) in [5.74, 6) is -1.09. The van der Waals surface area contributed by atoms with Gasteiger partial charge < -0.3 is 5.32 Å². The summed E-state index contributed by atoms with van der Waals surface area (Å²) in [5.41, 5.74) is 3.12. The van der Waals surface area contributed by atoms with Crippen LogP contribution in [-0.2, 0) is 22.6 Å². The van der Waals surface area contributed by atoms with Crippen LogP contribution in [0.1, 0.15) is 24.5 Å². The Morgan fingerprint density at radius 2 is 1.65 bits per heavy atom. The first-order valence-corrected chi connectivity index (χ1v) is 11.5. The van der Waals surface area contributed by atoms with E-state index in [1.54, 1.807) is 19.1 Å². The van der Waals surface area contributed by atoms with Crippen molar-refractivity contribution < 1.29 is 18.8 Å². The van der Waals surface area contributed by atoms with Crippen molar-refractivity contribution in [3.63, 3.8) is 0 Å². The number of carbonyl (C=O) groups is 3. The van der Waals surface area contributed by atoms with Gasteiger partial charge in [-0.2, -0.15) is 5.01 Å². The average molecular weight is 468 g/mol. The maximum absolute atomic E-state index is 13.9. The highest BCUT2D eigenvalue weighted by Crippen LogP contribution is 2.22. The van der Waals surface area contributed by atoms with Crippen LogP contribution in [0.5, 0.6) is 0 Å². The number of aryl methyl sites for hydroxylation is 1. The summed E-state index contributed by atoms with van der Waals surface area (Å²) in [4.78, 5) is 42.0. The molecule has 34 heavy (non-hydrogen) atoms. The highest BCUT2D eigenvalue weighted by atomic mass is 19.1. The predicted octanol–water partition coefficient (Wildman–Crippen LogP) is 1.92. The summed E-state index contributed by atoms with van der Waals surface area (Å²) in [6, 6.07) is 15.8. The van der Waals surface area contributed by atoms with Crippen LogP contribution in [0.25, 0.3) is 0 Å². The zero-order valence-electron chi connectivity index (χ0n) is 19.3. The molecule has 0 spiro atoms. The molecule has 2 saturated heterocycles. The number of rotatable bonds is 8. The molecule has 9 heteroatoms. The first-order valence-electron chi connectivity index (χ1n) is 11.5. The van der Waals surface area contributed by atoms with Gasteiger partial charge >= 0.3 is 6.03 Å². The van der Waals surface area contributed by atoms with E-state index in [2.05, 4.69) is 15.6 Å². The van der Waals surface area contributed by atoms with Crippen LogP contribution in [0.2, 0.25) is 0 Å². The molecule has 2 aliphatic heterocycles. The largest absolute Gasteiger partial charge is 0.344 e. The average Bonchev–Trinajstić information content (AvgIpc) is 3.04. The molecule has 2 fully saturated rings. The van der Waals surface area contributed by atoms with Crippen molar-refractivity contribution in [2.75, 3.05) is 32.7 Å². The molecule has 0 aromatic heterocycles. The van der Waals surface area contributed by atoms with E-state index in [9.17, 15) is 18.8 Å². The molecule has 0 aliphatic carbocycles. The van der Waals surface area contributed by atoms with Gasteiger partial charge in [-0.3, -0.25) is 24.8 Å². The Hall–Kier alpha value is -3.30. The summed E-state index contributed by atoms with van der Waals surface area (Å²) < 4.78 is 13.9. The summed E-state index contributed by atoms with van der Waals surface area (Å²) in [7, 11) is 0. The molecule has 2 N–H and O–H groups in total. The van der Waals surface area contributed by atoms with Crippen LogP contribution >= 0.6 is 0 Å². The number of halogens is 1. The molecule has 0 bridgehead atoms. The quantitative estimate of drug-likeness (QED) is 0.580. The number of carbonyl (C=O) groups excluding carboxylic acids is 3. The van der Waals surface area contributed by atoms with Crippen molar-refractivity contribution in [2.45, 2.75) is 31.8 Å². The number of hydrazine groups is 1. The standard InChI is InChI=1S/C25H30FN5O3/c1-25(12-11-19-7-3-2-4-8-19)23(33)31(24(34)27-25)28-22(32)18-30-15-13-29(14-16-30)17-20-9-5-6-10-21(20)26/h2-10H,11-18H2,1H3,(H,27,34)(H,28,32)/t25-/m1/s1. The molecule has 0 unspecified atom stereocenters. The van der Waals surface area contributed by atoms with Gasteiger partial charge in [0, 0.05) is 38.3 Å². The first-order chi connectivity index (χ1) is 16.3. The van der Waals surface area contributed by atoms with Gasteiger partial charge in [0.05, 0.1) is 6.54 Å². The number of nitrogens with one attached hydrogen (secondary N) is 2. The summed E-state index contributed by atoms with van der Waals surface area (Å²) in [5, 5.41) is 3.51. The lowest BCUT2D eigenvalue weighted by molar-refractivity contribution is -0.139. The molecular formula is C25H30FN5O3. The van der Waals surface area contributed by atoms with Crippen LogP contribution in [0.15, 0.2) is 54.6 Å². The molecule has 2 aromatic rings. The van der Waals surface area contributed by atoms with Gasteiger partial charge in [-0.25, -0.2) is 9.18 Å². The molecule has 2 aromatic carbocycles. The number of piperazine rings is 1. The van der Waals surface area contributed by atoms with Crippen LogP contribution in [0.3, 0.4) is 0 Å². The van der Waals surface area contributed by atoms with Gasteiger partial charge in [-0.1, -0.05) is 48.5 Å². The van der Waals surface area contributed by atoms with Gasteiger partial charge in [0.2, 0.25) is 0 Å². The molecule has 0 radical (unpaired) electrons. The fourth-order valence-electron chi connectivity index (χ4n) is 4.33. The minimum Gasteiger partial charge on any atom is -0.322 e. The van der Waals surface area contributed by atoms with Crippen molar-refractivity contribution >= 4 is 17.8 Å². The lowest BCUT2D eigenvalue weighted by Crippen LogP contribution is -2.53. The van der Waals surface area contributed by atoms with Crippen molar-refractivity contribution in [2.24, 2.45) is 0 Å². The maximum atomic E-state index is 13.9. The Balaban J connectivity index is 1.24. The molecule has 8 nitrogen and oxygen atoms in total. The molecule has 180 valence electrons. The Bertz CT molecular complexity index is 1040. The SMILES string of the molecule is C[C@]1(CCc2ccccc2)NC(=O)N(NC(=O)CN2CCN(Cc3ccccc3F)CC2)C1=O. The first kappa shape index (κ1) is 23.8. The molecule has 2 aliphatic rings. The smallest absolute Gasteiger partial charge is 0.322 e. The van der Waals surface area contributed by atoms with Gasteiger partial charge in [0.25, 0.3) is 11.8 Å². The molecule has 0 saturated carbocycles. The Labute approximate surface area is 198 Å². The molecule has 4 amide bonds. The molecule has 1 atom stereocenters. The number of hydrogen-bond donors (Lipinski definition) is 2. The minimum absolute atomic E-state index is 0.0747. The second kappa shape index (κ2) is 10.3. The fourth-order valence-corrected chi connectivity index (χ4v) is 4.33. The number of hydrogen-bond acceptors (Lipinski definition) is 5. The molecular weight excluding hydrogens is 437 g/mol. The third-order valence-electron chi connectivity index (χ3n) is 6.44. The Morgan fingerprint density at radius 1 is 1.00 bits per heavy atom. The minimum atomic E-state index is -1.07. The van der Waals surface area contributed by atoms with Gasteiger partial charge in [-0.15, -0.1) is 0 Å². The topological polar surface area (TPSA) is 85.0 Å². The monoisotopic (exact) mass is 467 g/mol. The summed E-state index contributed by atoms with van der Waals surface area (Å²) >= 11 is 0. The normalized spacial score (nSPS) is 21.5. The van der Waals surface area contributed by atoms with Crippen LogP contribution in [-0.4, -0.2) is 70.9 Å². The van der Waals surface area contributed by atoms with Crippen molar-refractivity contribution in [1.82, 2.24) is 25.6 Å². The lowest BCUT2D eigenvalue weighted by atomic mass is 9.93. The molecule has 4 rings (SSSR count). The second-order valence-corrected chi connectivity index (χ2v) is 9.07. The van der Waals surface area contributed by atoms with Gasteiger partial charge in [-0.05, 0) is 31.4 Å². The van der Waals surface area contributed by atoms with Crippen molar-refractivity contribution in [3.05, 3.63) is 71.5 Å². The van der Waals surface area contributed by atoms with E-state index in [1.165, 1.54) is 6.07 Å². The fraction of sp³-hybridized carbons (Fsp3) is 0.400. The van der Waals surface area contributed by atoms with E-state index in [0.717, 1.165) is 10.6 Å². The second-order valence-electron chi connectivity index (χ2n) is 9.07. The zero-order chi connectivity index (χ0) is 24.1. The van der Waals surface area contributed by atoms with E-state index in [1.807, 2.05) is 41.3 Å². The lowest BCUT2D eigenvalue weighted by Gasteiger charge is -2.34. The van der Waals surface area contributed by atoms with Crippen LogP contribution in [0, 0.1) is 5.82 Å².